The second-order valence-electron chi connectivity index (χ2n) is 5.12. The summed E-state index contributed by atoms with van der Waals surface area (Å²) in [5.41, 5.74) is 2.52. The number of benzene rings is 1. The summed E-state index contributed by atoms with van der Waals surface area (Å²) in [7, 11) is 1.64. The lowest BCUT2D eigenvalue weighted by molar-refractivity contribution is 0.226. The monoisotopic (exact) mass is 273 g/mol. The average Bonchev–Trinajstić information content (AvgIpc) is 2.47. The molecule has 1 N–H and O–H groups in total. The molecule has 1 heterocycles. The molecule has 1 fully saturated rings. The maximum absolute atomic E-state index is 8.99. The quantitative estimate of drug-likeness (QED) is 0.677. The van der Waals surface area contributed by atoms with Gasteiger partial charge in [0, 0.05) is 37.5 Å². The first-order valence-electron chi connectivity index (χ1n) is 6.68. The van der Waals surface area contributed by atoms with Gasteiger partial charge in [0.1, 0.15) is 5.75 Å². The summed E-state index contributed by atoms with van der Waals surface area (Å²) in [6.45, 7) is 4.49. The first-order chi connectivity index (χ1) is 9.67. The zero-order chi connectivity index (χ0) is 14.5. The molecule has 0 saturated carbocycles. The summed E-state index contributed by atoms with van der Waals surface area (Å²) >= 11 is 0. The highest BCUT2D eigenvalue weighted by Crippen LogP contribution is 2.23. The first kappa shape index (κ1) is 14.4. The minimum Gasteiger partial charge on any atom is -0.496 e. The number of hydrogen-bond acceptors (Lipinski definition) is 5. The van der Waals surface area contributed by atoms with Gasteiger partial charge in [-0.25, -0.2) is 0 Å². The Kier molecular flexibility index (Phi) is 4.59. The Morgan fingerprint density at radius 2 is 2.35 bits per heavy atom. The van der Waals surface area contributed by atoms with Crippen molar-refractivity contribution in [3.05, 3.63) is 29.3 Å². The highest BCUT2D eigenvalue weighted by Gasteiger charge is 2.23. The number of rotatable bonds is 3. The Bertz CT molecular complexity index is 549. The molecule has 1 aliphatic rings. The number of nitriles is 1. The van der Waals surface area contributed by atoms with Crippen LogP contribution in [-0.4, -0.2) is 36.0 Å². The zero-order valence-corrected chi connectivity index (χ0v) is 11.8. The number of ether oxygens (including phenoxy) is 1. The van der Waals surface area contributed by atoms with E-state index >= 15 is 0 Å². The molecule has 1 saturated heterocycles. The van der Waals surface area contributed by atoms with Crippen LogP contribution in [-0.2, 0) is 6.54 Å². The minimum absolute atomic E-state index is 0.249. The Hall–Kier alpha value is -2.06. The van der Waals surface area contributed by atoms with Crippen molar-refractivity contribution in [2.75, 3.05) is 20.2 Å². The predicted molar refractivity (Wildman–Crippen MR) is 76.0 cm³/mol. The molecule has 0 amide bonds. The molecule has 5 heteroatoms. The number of oxime groups is 1. The van der Waals surface area contributed by atoms with Crippen LogP contribution >= 0.6 is 0 Å². The number of likely N-dealkylation sites (tertiary alicyclic amines) is 1. The van der Waals surface area contributed by atoms with Crippen LogP contribution in [0, 0.1) is 17.2 Å². The van der Waals surface area contributed by atoms with Crippen molar-refractivity contribution in [3.8, 4) is 11.8 Å². The second kappa shape index (κ2) is 6.40. The number of hydrogen-bond donors (Lipinski definition) is 1. The molecule has 1 aromatic rings. The van der Waals surface area contributed by atoms with Crippen LogP contribution < -0.4 is 4.74 Å². The summed E-state index contributed by atoms with van der Waals surface area (Å²) in [6, 6.07) is 7.63. The van der Waals surface area contributed by atoms with Crippen LogP contribution in [0.15, 0.2) is 23.4 Å². The summed E-state index contributed by atoms with van der Waals surface area (Å²) < 4.78 is 5.36. The Balaban J connectivity index is 2.12. The minimum atomic E-state index is 0.249. The molecule has 1 unspecified atom stereocenters. The summed E-state index contributed by atoms with van der Waals surface area (Å²) in [4.78, 5) is 2.29. The fourth-order valence-corrected chi connectivity index (χ4v) is 2.61. The van der Waals surface area contributed by atoms with E-state index in [0.717, 1.165) is 43.1 Å². The molecule has 1 aliphatic heterocycles. The molecule has 2 rings (SSSR count). The van der Waals surface area contributed by atoms with Crippen LogP contribution in [0.1, 0.15) is 24.5 Å². The number of methoxy groups -OCH3 is 1. The fraction of sp³-hybridized carbons (Fsp3) is 0.467. The van der Waals surface area contributed by atoms with Gasteiger partial charge in [-0.05, 0) is 18.2 Å². The van der Waals surface area contributed by atoms with E-state index in [-0.39, 0.29) is 5.92 Å². The van der Waals surface area contributed by atoms with Gasteiger partial charge in [0.25, 0.3) is 0 Å². The van der Waals surface area contributed by atoms with Gasteiger partial charge in [-0.2, -0.15) is 5.26 Å². The lowest BCUT2D eigenvalue weighted by Gasteiger charge is -2.31. The maximum Gasteiger partial charge on any atom is 0.123 e. The van der Waals surface area contributed by atoms with E-state index < -0.39 is 0 Å². The van der Waals surface area contributed by atoms with Crippen molar-refractivity contribution < 1.29 is 9.94 Å². The van der Waals surface area contributed by atoms with E-state index in [2.05, 4.69) is 23.0 Å². The van der Waals surface area contributed by atoms with E-state index in [4.69, 9.17) is 15.2 Å². The highest BCUT2D eigenvalue weighted by atomic mass is 16.5. The van der Waals surface area contributed by atoms with Gasteiger partial charge < -0.3 is 9.94 Å². The highest BCUT2D eigenvalue weighted by molar-refractivity contribution is 5.86. The smallest absolute Gasteiger partial charge is 0.123 e. The fourth-order valence-electron chi connectivity index (χ4n) is 2.61. The Labute approximate surface area is 119 Å². The van der Waals surface area contributed by atoms with Crippen molar-refractivity contribution in [2.24, 2.45) is 11.1 Å². The van der Waals surface area contributed by atoms with Crippen molar-refractivity contribution >= 4 is 5.71 Å². The lowest BCUT2D eigenvalue weighted by atomic mass is 9.97. The topological polar surface area (TPSA) is 68.8 Å². The van der Waals surface area contributed by atoms with Crippen LogP contribution in [0.25, 0.3) is 0 Å². The summed E-state index contributed by atoms with van der Waals surface area (Å²) in [5, 5.41) is 21.2. The standard InChI is InChI=1S/C15H19N3O2/c1-11-9-18(6-5-14(11)17-19)10-13-7-12(8-16)3-4-15(13)20-2/h3-4,7,11,19H,5-6,9-10H2,1-2H3/b17-14-. The molecule has 106 valence electrons. The third-order valence-corrected chi connectivity index (χ3v) is 3.72. The van der Waals surface area contributed by atoms with E-state index in [1.54, 1.807) is 13.2 Å². The summed E-state index contributed by atoms with van der Waals surface area (Å²) in [6.07, 6.45) is 0.776. The van der Waals surface area contributed by atoms with Gasteiger partial charge >= 0.3 is 0 Å². The summed E-state index contributed by atoms with van der Waals surface area (Å²) in [5.74, 6) is 1.05. The maximum atomic E-state index is 8.99. The zero-order valence-electron chi connectivity index (χ0n) is 11.8. The molecule has 1 atom stereocenters. The SMILES string of the molecule is COc1ccc(C#N)cc1CN1CC/C(=N/O)C(C)C1. The Morgan fingerprint density at radius 1 is 1.55 bits per heavy atom. The molecule has 20 heavy (non-hydrogen) atoms. The van der Waals surface area contributed by atoms with Crippen molar-refractivity contribution in [1.82, 2.24) is 4.90 Å². The van der Waals surface area contributed by atoms with E-state index in [1.165, 1.54) is 0 Å². The lowest BCUT2D eigenvalue weighted by Crippen LogP contribution is -2.39. The van der Waals surface area contributed by atoms with Crippen molar-refractivity contribution in [3.63, 3.8) is 0 Å². The first-order valence-corrected chi connectivity index (χ1v) is 6.68. The molecule has 1 aromatic carbocycles. The Morgan fingerprint density at radius 3 is 2.95 bits per heavy atom. The molecule has 0 radical (unpaired) electrons. The normalized spacial score (nSPS) is 21.6. The second-order valence-corrected chi connectivity index (χ2v) is 5.12. The molecule has 5 nitrogen and oxygen atoms in total. The predicted octanol–water partition coefficient (Wildman–Crippen LogP) is 2.24. The molecular weight excluding hydrogens is 254 g/mol. The largest absolute Gasteiger partial charge is 0.496 e. The molecule has 0 spiro atoms. The van der Waals surface area contributed by atoms with E-state index in [1.807, 2.05) is 12.1 Å². The molecule has 0 aliphatic carbocycles. The van der Waals surface area contributed by atoms with Crippen LogP contribution in [0.2, 0.25) is 0 Å². The van der Waals surface area contributed by atoms with Gasteiger partial charge in [-0.3, -0.25) is 4.90 Å². The third-order valence-electron chi connectivity index (χ3n) is 3.72. The van der Waals surface area contributed by atoms with Gasteiger partial charge in [0.05, 0.1) is 24.5 Å². The number of piperidine rings is 1. The van der Waals surface area contributed by atoms with Gasteiger partial charge in [0.2, 0.25) is 0 Å². The van der Waals surface area contributed by atoms with Gasteiger partial charge in [0.15, 0.2) is 0 Å². The van der Waals surface area contributed by atoms with Crippen LogP contribution in [0.3, 0.4) is 0 Å². The van der Waals surface area contributed by atoms with Crippen LogP contribution in [0.5, 0.6) is 5.75 Å². The van der Waals surface area contributed by atoms with E-state index in [9.17, 15) is 0 Å². The third kappa shape index (κ3) is 3.09. The molecule has 0 aromatic heterocycles. The molecular formula is C15H19N3O2. The van der Waals surface area contributed by atoms with Crippen LogP contribution in [0.4, 0.5) is 0 Å². The van der Waals surface area contributed by atoms with E-state index in [0.29, 0.717) is 5.56 Å². The van der Waals surface area contributed by atoms with Gasteiger partial charge in [-0.1, -0.05) is 12.1 Å². The van der Waals surface area contributed by atoms with Crippen molar-refractivity contribution in [1.29, 1.82) is 5.26 Å². The number of nitrogens with zero attached hydrogens (tertiary/aromatic N) is 3. The molecule has 0 bridgehead atoms. The van der Waals surface area contributed by atoms with Gasteiger partial charge in [-0.15, -0.1) is 0 Å². The van der Waals surface area contributed by atoms with Crippen molar-refractivity contribution in [2.45, 2.75) is 19.9 Å². The average molecular weight is 273 g/mol.